The van der Waals surface area contributed by atoms with Crippen LogP contribution in [-0.4, -0.2) is 16.8 Å². The van der Waals surface area contributed by atoms with E-state index in [0.29, 0.717) is 12.2 Å². The van der Waals surface area contributed by atoms with Gasteiger partial charge in [-0.2, -0.15) is 0 Å². The standard InChI is InChI=1S/C18H22N2O3/c1-18(2,3)23-17(22)20-16-10-5-4-9-15(16)19-12-13-7-6-8-14(21)11-13/h4-11,19,21H,12H2,1-3H3,(H,20,22). The summed E-state index contributed by atoms with van der Waals surface area (Å²) in [5.74, 6) is 0.226. The van der Waals surface area contributed by atoms with E-state index < -0.39 is 11.7 Å². The number of carbonyl (C=O) groups excluding carboxylic acids is 1. The van der Waals surface area contributed by atoms with Crippen LogP contribution < -0.4 is 10.6 Å². The lowest BCUT2D eigenvalue weighted by atomic mass is 10.2. The number of hydrogen-bond acceptors (Lipinski definition) is 4. The van der Waals surface area contributed by atoms with Crippen LogP contribution in [0.4, 0.5) is 16.2 Å². The molecule has 2 rings (SSSR count). The first-order valence-electron chi connectivity index (χ1n) is 7.44. The topological polar surface area (TPSA) is 70.6 Å². The number of rotatable bonds is 4. The molecule has 23 heavy (non-hydrogen) atoms. The highest BCUT2D eigenvalue weighted by molar-refractivity contribution is 5.89. The van der Waals surface area contributed by atoms with Crippen molar-refractivity contribution in [2.75, 3.05) is 10.6 Å². The zero-order valence-corrected chi connectivity index (χ0v) is 13.6. The maximum atomic E-state index is 11.9. The third kappa shape index (κ3) is 5.54. The first-order valence-corrected chi connectivity index (χ1v) is 7.44. The van der Waals surface area contributed by atoms with Crippen LogP contribution in [0.1, 0.15) is 26.3 Å². The van der Waals surface area contributed by atoms with E-state index in [-0.39, 0.29) is 5.75 Å². The molecule has 0 atom stereocenters. The fraction of sp³-hybridized carbons (Fsp3) is 0.278. The quantitative estimate of drug-likeness (QED) is 0.784. The third-order valence-electron chi connectivity index (χ3n) is 2.96. The van der Waals surface area contributed by atoms with E-state index in [1.807, 2.05) is 45.0 Å². The number of para-hydroxylation sites is 2. The van der Waals surface area contributed by atoms with Gasteiger partial charge in [-0.1, -0.05) is 24.3 Å². The molecule has 5 nitrogen and oxygen atoms in total. The molecule has 2 aromatic rings. The molecule has 0 saturated carbocycles. The van der Waals surface area contributed by atoms with Gasteiger partial charge in [0.1, 0.15) is 11.4 Å². The Bertz CT molecular complexity index is 678. The summed E-state index contributed by atoms with van der Waals surface area (Å²) in [5, 5.41) is 15.5. The minimum Gasteiger partial charge on any atom is -0.508 e. The average molecular weight is 314 g/mol. The summed E-state index contributed by atoms with van der Waals surface area (Å²) < 4.78 is 5.26. The minimum absolute atomic E-state index is 0.226. The Morgan fingerprint density at radius 2 is 1.78 bits per heavy atom. The molecule has 0 heterocycles. The molecule has 2 aromatic carbocycles. The Hall–Kier alpha value is -2.69. The lowest BCUT2D eigenvalue weighted by molar-refractivity contribution is 0.0636. The molecular formula is C18H22N2O3. The molecule has 0 fully saturated rings. The number of anilines is 2. The number of hydrogen-bond donors (Lipinski definition) is 3. The lowest BCUT2D eigenvalue weighted by Gasteiger charge is -2.20. The smallest absolute Gasteiger partial charge is 0.412 e. The predicted molar refractivity (Wildman–Crippen MR) is 91.7 cm³/mol. The lowest BCUT2D eigenvalue weighted by Crippen LogP contribution is -2.27. The summed E-state index contributed by atoms with van der Waals surface area (Å²) in [6.07, 6.45) is -0.496. The molecule has 122 valence electrons. The van der Waals surface area contributed by atoms with Crippen molar-refractivity contribution in [2.24, 2.45) is 0 Å². The number of carbonyl (C=O) groups is 1. The van der Waals surface area contributed by atoms with Gasteiger partial charge in [-0.25, -0.2) is 4.79 Å². The van der Waals surface area contributed by atoms with Crippen LogP contribution in [0, 0.1) is 0 Å². The highest BCUT2D eigenvalue weighted by Gasteiger charge is 2.17. The monoisotopic (exact) mass is 314 g/mol. The van der Waals surface area contributed by atoms with Crippen LogP contribution in [0.3, 0.4) is 0 Å². The summed E-state index contributed by atoms with van der Waals surface area (Å²) in [5.41, 5.74) is 1.81. The number of aromatic hydroxyl groups is 1. The second-order valence-corrected chi connectivity index (χ2v) is 6.20. The maximum Gasteiger partial charge on any atom is 0.412 e. The number of nitrogens with one attached hydrogen (secondary N) is 2. The van der Waals surface area contributed by atoms with E-state index in [1.54, 1.807) is 24.3 Å². The van der Waals surface area contributed by atoms with E-state index in [0.717, 1.165) is 11.3 Å². The minimum atomic E-state index is -0.548. The zero-order chi connectivity index (χ0) is 16.9. The fourth-order valence-electron chi connectivity index (χ4n) is 2.02. The SMILES string of the molecule is CC(C)(C)OC(=O)Nc1ccccc1NCc1cccc(O)c1. The molecular weight excluding hydrogens is 292 g/mol. The molecule has 0 aliphatic rings. The van der Waals surface area contributed by atoms with Crippen molar-refractivity contribution in [3.8, 4) is 5.75 Å². The number of phenols is 1. The van der Waals surface area contributed by atoms with Gasteiger partial charge < -0.3 is 15.2 Å². The summed E-state index contributed by atoms with van der Waals surface area (Å²) in [6.45, 7) is 5.98. The number of amides is 1. The largest absolute Gasteiger partial charge is 0.508 e. The maximum absolute atomic E-state index is 11.9. The van der Waals surface area contributed by atoms with E-state index >= 15 is 0 Å². The average Bonchev–Trinajstić information content (AvgIpc) is 2.44. The Labute approximate surface area is 136 Å². The van der Waals surface area contributed by atoms with Gasteiger partial charge in [-0.3, -0.25) is 5.32 Å². The van der Waals surface area contributed by atoms with Crippen molar-refractivity contribution in [3.63, 3.8) is 0 Å². The number of ether oxygens (including phenoxy) is 1. The molecule has 1 amide bonds. The van der Waals surface area contributed by atoms with Gasteiger partial charge in [0, 0.05) is 6.54 Å². The van der Waals surface area contributed by atoms with E-state index in [2.05, 4.69) is 10.6 Å². The zero-order valence-electron chi connectivity index (χ0n) is 13.6. The van der Waals surface area contributed by atoms with Crippen LogP contribution in [0.2, 0.25) is 0 Å². The van der Waals surface area contributed by atoms with Crippen LogP contribution >= 0.6 is 0 Å². The molecule has 0 aliphatic heterocycles. The molecule has 3 N–H and O–H groups in total. The summed E-state index contributed by atoms with van der Waals surface area (Å²) in [6, 6.07) is 14.4. The Balaban J connectivity index is 2.04. The molecule has 0 unspecified atom stereocenters. The normalized spacial score (nSPS) is 10.9. The van der Waals surface area contributed by atoms with Gasteiger partial charge in [0.2, 0.25) is 0 Å². The summed E-state index contributed by atoms with van der Waals surface area (Å²) in [7, 11) is 0. The van der Waals surface area contributed by atoms with Gasteiger partial charge in [-0.05, 0) is 50.6 Å². The second kappa shape index (κ2) is 7.05. The van der Waals surface area contributed by atoms with Crippen molar-refractivity contribution < 1.29 is 14.6 Å². The van der Waals surface area contributed by atoms with Gasteiger partial charge >= 0.3 is 6.09 Å². The highest BCUT2D eigenvalue weighted by atomic mass is 16.6. The van der Waals surface area contributed by atoms with Crippen molar-refractivity contribution in [1.29, 1.82) is 0 Å². The van der Waals surface area contributed by atoms with E-state index in [9.17, 15) is 9.90 Å². The van der Waals surface area contributed by atoms with Crippen molar-refractivity contribution >= 4 is 17.5 Å². The van der Waals surface area contributed by atoms with Gasteiger partial charge in [0.25, 0.3) is 0 Å². The van der Waals surface area contributed by atoms with Gasteiger partial charge in [0.15, 0.2) is 0 Å². The van der Waals surface area contributed by atoms with Crippen LogP contribution in [0.5, 0.6) is 5.75 Å². The molecule has 0 bridgehead atoms. The first-order chi connectivity index (χ1) is 10.8. The van der Waals surface area contributed by atoms with Crippen molar-refractivity contribution in [3.05, 3.63) is 54.1 Å². The molecule has 0 spiro atoms. The van der Waals surface area contributed by atoms with Gasteiger partial charge in [0.05, 0.1) is 11.4 Å². The highest BCUT2D eigenvalue weighted by Crippen LogP contribution is 2.23. The van der Waals surface area contributed by atoms with Crippen molar-refractivity contribution in [2.45, 2.75) is 32.9 Å². The molecule has 0 radical (unpaired) electrons. The van der Waals surface area contributed by atoms with Crippen LogP contribution in [0.25, 0.3) is 0 Å². The molecule has 0 aliphatic carbocycles. The van der Waals surface area contributed by atoms with Crippen LogP contribution in [-0.2, 0) is 11.3 Å². The van der Waals surface area contributed by atoms with E-state index in [1.165, 1.54) is 0 Å². The second-order valence-electron chi connectivity index (χ2n) is 6.20. The Morgan fingerprint density at radius 3 is 2.43 bits per heavy atom. The van der Waals surface area contributed by atoms with E-state index in [4.69, 9.17) is 4.74 Å². The van der Waals surface area contributed by atoms with Crippen molar-refractivity contribution in [1.82, 2.24) is 0 Å². The predicted octanol–water partition coefficient (Wildman–Crippen LogP) is 4.35. The summed E-state index contributed by atoms with van der Waals surface area (Å²) in [4.78, 5) is 11.9. The molecule has 0 aromatic heterocycles. The number of phenolic OH excluding ortho intramolecular Hbond substituents is 1. The summed E-state index contributed by atoms with van der Waals surface area (Å²) >= 11 is 0. The number of benzene rings is 2. The fourth-order valence-corrected chi connectivity index (χ4v) is 2.02. The first kappa shape index (κ1) is 16.7. The van der Waals surface area contributed by atoms with Gasteiger partial charge in [-0.15, -0.1) is 0 Å². The Kier molecular flexibility index (Phi) is 5.11. The third-order valence-corrected chi connectivity index (χ3v) is 2.96. The Morgan fingerprint density at radius 1 is 1.09 bits per heavy atom. The molecule has 5 heteroatoms. The van der Waals surface area contributed by atoms with Crippen LogP contribution in [0.15, 0.2) is 48.5 Å². The molecule has 0 saturated heterocycles.